The minimum absolute atomic E-state index is 0.140. The number of hydrogen-bond acceptors (Lipinski definition) is 2. The molecule has 2 unspecified atom stereocenters. The third kappa shape index (κ3) is 3.04. The minimum atomic E-state index is -0.140. The first-order chi connectivity index (χ1) is 9.76. The van der Waals surface area contributed by atoms with Crippen LogP contribution in [0.15, 0.2) is 24.3 Å². The predicted octanol–water partition coefficient (Wildman–Crippen LogP) is 3.32. The highest BCUT2D eigenvalue weighted by Gasteiger charge is 2.40. The molecule has 2 aliphatic rings. The van der Waals surface area contributed by atoms with Crippen LogP contribution in [0.3, 0.4) is 0 Å². The maximum Gasteiger partial charge on any atom is 0.123 e. The van der Waals surface area contributed by atoms with Gasteiger partial charge in [0.15, 0.2) is 0 Å². The van der Waals surface area contributed by atoms with Crippen LogP contribution in [0, 0.1) is 5.82 Å². The van der Waals surface area contributed by atoms with Gasteiger partial charge in [-0.2, -0.15) is 0 Å². The normalized spacial score (nSPS) is 29.8. The number of fused-ring (bicyclic) bond motifs is 2. The van der Waals surface area contributed by atoms with E-state index in [1.807, 2.05) is 12.1 Å². The van der Waals surface area contributed by atoms with E-state index in [9.17, 15) is 4.39 Å². The molecule has 3 heteroatoms. The fraction of sp³-hybridized carbons (Fsp3) is 0.647. The SMILES string of the molecule is CCCNC1CC2CCC(C1)N2Cc1ccc(F)cc1. The van der Waals surface area contributed by atoms with E-state index in [4.69, 9.17) is 0 Å². The average molecular weight is 276 g/mol. The molecule has 0 spiro atoms. The third-order valence-electron chi connectivity index (χ3n) is 4.85. The van der Waals surface area contributed by atoms with E-state index in [-0.39, 0.29) is 5.82 Å². The molecule has 0 saturated carbocycles. The van der Waals surface area contributed by atoms with Crippen molar-refractivity contribution in [3.8, 4) is 0 Å². The summed E-state index contributed by atoms with van der Waals surface area (Å²) in [5.41, 5.74) is 1.24. The fourth-order valence-electron chi connectivity index (χ4n) is 3.85. The van der Waals surface area contributed by atoms with Gasteiger partial charge in [0.05, 0.1) is 0 Å². The molecule has 1 N–H and O–H groups in total. The Morgan fingerprint density at radius 2 is 1.80 bits per heavy atom. The summed E-state index contributed by atoms with van der Waals surface area (Å²) in [7, 11) is 0. The molecule has 2 bridgehead atoms. The van der Waals surface area contributed by atoms with Gasteiger partial charge in [0, 0.05) is 24.7 Å². The van der Waals surface area contributed by atoms with Crippen molar-refractivity contribution in [2.75, 3.05) is 6.54 Å². The molecule has 2 aliphatic heterocycles. The number of nitrogens with one attached hydrogen (secondary N) is 1. The molecule has 0 aliphatic carbocycles. The van der Waals surface area contributed by atoms with Gasteiger partial charge >= 0.3 is 0 Å². The number of nitrogens with zero attached hydrogens (tertiary/aromatic N) is 1. The predicted molar refractivity (Wildman–Crippen MR) is 80.1 cm³/mol. The van der Waals surface area contributed by atoms with E-state index in [0.717, 1.165) is 13.1 Å². The number of hydrogen-bond donors (Lipinski definition) is 1. The maximum atomic E-state index is 13.0. The second kappa shape index (κ2) is 6.23. The van der Waals surface area contributed by atoms with Gasteiger partial charge in [0.25, 0.3) is 0 Å². The first-order valence-electron chi connectivity index (χ1n) is 8.00. The van der Waals surface area contributed by atoms with Gasteiger partial charge in [0.1, 0.15) is 5.82 Å². The Morgan fingerprint density at radius 3 is 2.40 bits per heavy atom. The quantitative estimate of drug-likeness (QED) is 0.887. The van der Waals surface area contributed by atoms with Crippen LogP contribution in [0.25, 0.3) is 0 Å². The lowest BCUT2D eigenvalue weighted by atomic mass is 9.96. The molecular formula is C17H25FN2. The Labute approximate surface area is 121 Å². The van der Waals surface area contributed by atoms with Crippen molar-refractivity contribution >= 4 is 0 Å². The lowest BCUT2D eigenvalue weighted by Gasteiger charge is -2.39. The molecule has 2 atom stereocenters. The molecule has 110 valence electrons. The van der Waals surface area contributed by atoms with E-state index >= 15 is 0 Å². The number of piperidine rings is 1. The van der Waals surface area contributed by atoms with E-state index in [1.165, 1.54) is 37.7 Å². The van der Waals surface area contributed by atoms with Crippen molar-refractivity contribution < 1.29 is 4.39 Å². The Balaban J connectivity index is 1.60. The Bertz CT molecular complexity index is 417. The van der Waals surface area contributed by atoms with E-state index < -0.39 is 0 Å². The van der Waals surface area contributed by atoms with Crippen LogP contribution in [0.4, 0.5) is 4.39 Å². The van der Waals surface area contributed by atoms with Crippen LogP contribution in [-0.4, -0.2) is 29.6 Å². The molecule has 2 saturated heterocycles. The van der Waals surface area contributed by atoms with Gasteiger partial charge < -0.3 is 5.32 Å². The summed E-state index contributed by atoms with van der Waals surface area (Å²) in [4.78, 5) is 2.65. The molecule has 20 heavy (non-hydrogen) atoms. The zero-order valence-electron chi connectivity index (χ0n) is 12.3. The zero-order chi connectivity index (χ0) is 13.9. The van der Waals surface area contributed by atoms with Crippen LogP contribution < -0.4 is 5.32 Å². The summed E-state index contributed by atoms with van der Waals surface area (Å²) >= 11 is 0. The first kappa shape index (κ1) is 14.0. The molecule has 2 nitrogen and oxygen atoms in total. The third-order valence-corrected chi connectivity index (χ3v) is 4.85. The summed E-state index contributed by atoms with van der Waals surface area (Å²) in [6.07, 6.45) is 6.42. The van der Waals surface area contributed by atoms with Crippen LogP contribution in [0.5, 0.6) is 0 Å². The highest BCUT2D eigenvalue weighted by atomic mass is 19.1. The molecule has 0 radical (unpaired) electrons. The molecule has 1 aromatic rings. The van der Waals surface area contributed by atoms with Crippen molar-refractivity contribution in [3.05, 3.63) is 35.6 Å². The maximum absolute atomic E-state index is 13.0. The molecule has 0 amide bonds. The van der Waals surface area contributed by atoms with Gasteiger partial charge in [0.2, 0.25) is 0 Å². The smallest absolute Gasteiger partial charge is 0.123 e. The van der Waals surface area contributed by atoms with E-state index in [0.29, 0.717) is 18.1 Å². The lowest BCUT2D eigenvalue weighted by molar-refractivity contribution is 0.109. The molecule has 1 aromatic carbocycles. The van der Waals surface area contributed by atoms with Gasteiger partial charge in [-0.3, -0.25) is 4.90 Å². The van der Waals surface area contributed by atoms with Crippen molar-refractivity contribution in [2.45, 2.75) is 63.7 Å². The fourth-order valence-corrected chi connectivity index (χ4v) is 3.85. The number of benzene rings is 1. The highest BCUT2D eigenvalue weighted by molar-refractivity contribution is 5.17. The summed E-state index contributed by atoms with van der Waals surface area (Å²) in [5, 5.41) is 3.69. The monoisotopic (exact) mass is 276 g/mol. The largest absolute Gasteiger partial charge is 0.314 e. The molecular weight excluding hydrogens is 251 g/mol. The summed E-state index contributed by atoms with van der Waals surface area (Å²) in [6, 6.07) is 9.14. The van der Waals surface area contributed by atoms with Crippen LogP contribution in [0.2, 0.25) is 0 Å². The van der Waals surface area contributed by atoms with Gasteiger partial charge in [-0.05, 0) is 56.3 Å². The topological polar surface area (TPSA) is 15.3 Å². The summed E-state index contributed by atoms with van der Waals surface area (Å²) < 4.78 is 13.0. The van der Waals surface area contributed by atoms with Crippen molar-refractivity contribution in [1.29, 1.82) is 0 Å². The molecule has 3 rings (SSSR count). The minimum Gasteiger partial charge on any atom is -0.314 e. The van der Waals surface area contributed by atoms with Crippen LogP contribution >= 0.6 is 0 Å². The van der Waals surface area contributed by atoms with Crippen LogP contribution in [-0.2, 0) is 6.54 Å². The lowest BCUT2D eigenvalue weighted by Crippen LogP contribution is -2.48. The van der Waals surface area contributed by atoms with Gasteiger partial charge in [-0.15, -0.1) is 0 Å². The molecule has 2 fully saturated rings. The Kier molecular flexibility index (Phi) is 4.37. The second-order valence-corrected chi connectivity index (χ2v) is 6.31. The Morgan fingerprint density at radius 1 is 1.15 bits per heavy atom. The summed E-state index contributed by atoms with van der Waals surface area (Å²) in [6.45, 7) is 4.35. The zero-order valence-corrected chi connectivity index (χ0v) is 12.3. The number of rotatable bonds is 5. The van der Waals surface area contributed by atoms with E-state index in [1.54, 1.807) is 12.1 Å². The van der Waals surface area contributed by atoms with E-state index in [2.05, 4.69) is 17.1 Å². The first-order valence-corrected chi connectivity index (χ1v) is 8.00. The van der Waals surface area contributed by atoms with Gasteiger partial charge in [-0.25, -0.2) is 4.39 Å². The van der Waals surface area contributed by atoms with Crippen molar-refractivity contribution in [1.82, 2.24) is 10.2 Å². The van der Waals surface area contributed by atoms with Crippen molar-refractivity contribution in [2.24, 2.45) is 0 Å². The van der Waals surface area contributed by atoms with Gasteiger partial charge in [-0.1, -0.05) is 19.1 Å². The van der Waals surface area contributed by atoms with Crippen LogP contribution in [0.1, 0.15) is 44.6 Å². The standard InChI is InChI=1S/C17H25FN2/c1-2-9-19-15-10-16-7-8-17(11-15)20(16)12-13-3-5-14(18)6-4-13/h3-6,15-17,19H,2,7-12H2,1H3. The highest BCUT2D eigenvalue weighted by Crippen LogP contribution is 2.36. The second-order valence-electron chi connectivity index (χ2n) is 6.31. The summed E-state index contributed by atoms with van der Waals surface area (Å²) in [5.74, 6) is -0.140. The average Bonchev–Trinajstić information content (AvgIpc) is 2.70. The Hall–Kier alpha value is -0.930. The molecule has 0 aromatic heterocycles. The van der Waals surface area contributed by atoms with Crippen molar-refractivity contribution in [3.63, 3.8) is 0 Å². The number of halogens is 1. The molecule has 2 heterocycles.